The first-order valence-electron chi connectivity index (χ1n) is 10.8. The maximum Gasteiger partial charge on any atom is 0.251 e. The molecule has 0 saturated heterocycles. The van der Waals surface area contributed by atoms with Crippen LogP contribution in [0.5, 0.6) is 5.75 Å². The average molecular weight is 460 g/mol. The van der Waals surface area contributed by atoms with Crippen molar-refractivity contribution in [3.8, 4) is 5.75 Å². The summed E-state index contributed by atoms with van der Waals surface area (Å²) in [5.41, 5.74) is 2.67. The molecule has 9 heteroatoms. The number of fused-ring (bicyclic) bond motifs is 1. The van der Waals surface area contributed by atoms with E-state index in [-0.39, 0.29) is 35.4 Å². The summed E-state index contributed by atoms with van der Waals surface area (Å²) in [6, 6.07) is 11.3. The van der Waals surface area contributed by atoms with E-state index >= 15 is 0 Å². The van der Waals surface area contributed by atoms with Crippen molar-refractivity contribution < 1.29 is 23.1 Å². The molecular weight excluding hydrogens is 430 g/mol. The Hall–Kier alpha value is -2.91. The van der Waals surface area contributed by atoms with Crippen LogP contribution in [0.1, 0.15) is 47.2 Å². The average Bonchev–Trinajstić information content (AvgIpc) is 2.78. The summed E-state index contributed by atoms with van der Waals surface area (Å²) in [5, 5.41) is 14.8. The molecule has 0 aliphatic heterocycles. The van der Waals surface area contributed by atoms with Gasteiger partial charge in [0, 0.05) is 31.6 Å². The standard InChI is InChI=1S/C23H29N3O5S/c27-20-8-3-7-19(15-20)23(29)25-13-4-12-24-22(28)11-14-26-32(30,31)21-10-9-17-5-1-2-6-18(17)16-21/h3,7-10,15-16,26-27H,1-2,4-6,11-14H2,(H,24,28)(H,25,29). The van der Waals surface area contributed by atoms with Crippen LogP contribution in [0.4, 0.5) is 0 Å². The molecule has 4 N–H and O–H groups in total. The van der Waals surface area contributed by atoms with Crippen molar-refractivity contribution in [2.45, 2.75) is 43.4 Å². The van der Waals surface area contributed by atoms with Crippen molar-refractivity contribution in [2.75, 3.05) is 19.6 Å². The molecule has 172 valence electrons. The Morgan fingerprint density at radius 2 is 1.66 bits per heavy atom. The van der Waals surface area contributed by atoms with Crippen molar-refractivity contribution in [3.05, 3.63) is 59.2 Å². The van der Waals surface area contributed by atoms with Crippen LogP contribution in [-0.2, 0) is 27.7 Å². The number of nitrogens with one attached hydrogen (secondary N) is 3. The van der Waals surface area contributed by atoms with E-state index in [1.54, 1.807) is 24.3 Å². The monoisotopic (exact) mass is 459 g/mol. The number of aryl methyl sites for hydroxylation is 2. The van der Waals surface area contributed by atoms with Crippen LogP contribution < -0.4 is 15.4 Å². The minimum atomic E-state index is -3.65. The number of benzene rings is 2. The number of rotatable bonds is 10. The van der Waals surface area contributed by atoms with Gasteiger partial charge in [0.15, 0.2) is 0 Å². The molecule has 2 aromatic rings. The van der Waals surface area contributed by atoms with Crippen molar-refractivity contribution in [2.24, 2.45) is 0 Å². The van der Waals surface area contributed by atoms with E-state index in [0.717, 1.165) is 31.2 Å². The van der Waals surface area contributed by atoms with Crippen LogP contribution in [0.3, 0.4) is 0 Å². The number of hydrogen-bond acceptors (Lipinski definition) is 5. The number of amides is 2. The number of carbonyl (C=O) groups is 2. The Labute approximate surface area is 188 Å². The van der Waals surface area contributed by atoms with E-state index in [2.05, 4.69) is 15.4 Å². The van der Waals surface area contributed by atoms with Crippen LogP contribution in [0.25, 0.3) is 0 Å². The summed E-state index contributed by atoms with van der Waals surface area (Å²) in [6.45, 7) is 0.732. The molecule has 0 bridgehead atoms. The predicted octanol–water partition coefficient (Wildman–Crippen LogP) is 1.88. The van der Waals surface area contributed by atoms with Gasteiger partial charge in [0.25, 0.3) is 5.91 Å². The first-order chi connectivity index (χ1) is 15.3. The molecule has 8 nitrogen and oxygen atoms in total. The van der Waals surface area contributed by atoms with Gasteiger partial charge in [-0.3, -0.25) is 9.59 Å². The van der Waals surface area contributed by atoms with E-state index in [1.807, 2.05) is 6.07 Å². The minimum absolute atomic E-state index is 0.0134. The normalized spacial score (nSPS) is 13.2. The Kier molecular flexibility index (Phi) is 8.24. The van der Waals surface area contributed by atoms with Crippen molar-refractivity contribution in [3.63, 3.8) is 0 Å². The number of sulfonamides is 1. The first-order valence-corrected chi connectivity index (χ1v) is 12.3. The summed E-state index contributed by atoms with van der Waals surface area (Å²) in [5.74, 6) is -0.548. The number of aromatic hydroxyl groups is 1. The van der Waals surface area contributed by atoms with E-state index in [4.69, 9.17) is 0 Å². The summed E-state index contributed by atoms with van der Waals surface area (Å²) in [6.07, 6.45) is 4.65. The lowest BCUT2D eigenvalue weighted by molar-refractivity contribution is -0.120. The van der Waals surface area contributed by atoms with Gasteiger partial charge in [-0.05, 0) is 73.6 Å². The number of phenols is 1. The molecule has 0 aromatic heterocycles. The summed E-state index contributed by atoms with van der Waals surface area (Å²) in [4.78, 5) is 24.1. The minimum Gasteiger partial charge on any atom is -0.508 e. The number of carbonyl (C=O) groups excluding carboxylic acids is 2. The molecule has 1 aliphatic rings. The second kappa shape index (κ2) is 11.1. The van der Waals surface area contributed by atoms with Gasteiger partial charge in [0.2, 0.25) is 15.9 Å². The van der Waals surface area contributed by atoms with Gasteiger partial charge in [0.1, 0.15) is 5.75 Å². The third-order valence-corrected chi connectivity index (χ3v) is 6.80. The highest BCUT2D eigenvalue weighted by Crippen LogP contribution is 2.24. The van der Waals surface area contributed by atoms with Crippen LogP contribution in [0.2, 0.25) is 0 Å². The quantitative estimate of drug-likeness (QED) is 0.404. The Balaban J connectivity index is 1.33. The number of hydrogen-bond donors (Lipinski definition) is 4. The summed E-state index contributed by atoms with van der Waals surface area (Å²) in [7, 11) is -3.65. The van der Waals surface area contributed by atoms with E-state index in [9.17, 15) is 23.1 Å². The van der Waals surface area contributed by atoms with Crippen LogP contribution >= 0.6 is 0 Å². The van der Waals surface area contributed by atoms with Crippen LogP contribution in [0, 0.1) is 0 Å². The van der Waals surface area contributed by atoms with E-state index in [0.29, 0.717) is 25.1 Å². The molecule has 0 spiro atoms. The van der Waals surface area contributed by atoms with Gasteiger partial charge in [-0.2, -0.15) is 0 Å². The van der Waals surface area contributed by atoms with Gasteiger partial charge in [0.05, 0.1) is 4.90 Å². The molecular formula is C23H29N3O5S. The summed E-state index contributed by atoms with van der Waals surface area (Å²) < 4.78 is 27.5. The predicted molar refractivity (Wildman–Crippen MR) is 121 cm³/mol. The van der Waals surface area contributed by atoms with E-state index < -0.39 is 10.0 Å². The molecule has 0 unspecified atom stereocenters. The lowest BCUT2D eigenvalue weighted by atomic mass is 9.92. The molecule has 32 heavy (non-hydrogen) atoms. The molecule has 0 radical (unpaired) electrons. The largest absolute Gasteiger partial charge is 0.508 e. The number of phenolic OH excluding ortho intramolecular Hbond substituents is 1. The topological polar surface area (TPSA) is 125 Å². The lowest BCUT2D eigenvalue weighted by Gasteiger charge is -2.16. The van der Waals surface area contributed by atoms with Crippen LogP contribution in [0.15, 0.2) is 47.4 Å². The van der Waals surface area contributed by atoms with Crippen molar-refractivity contribution in [1.29, 1.82) is 0 Å². The fourth-order valence-corrected chi connectivity index (χ4v) is 4.70. The van der Waals surface area contributed by atoms with Crippen LogP contribution in [-0.4, -0.2) is 45.0 Å². The van der Waals surface area contributed by atoms with Gasteiger partial charge >= 0.3 is 0 Å². The molecule has 0 atom stereocenters. The fraction of sp³-hybridized carbons (Fsp3) is 0.391. The molecule has 0 heterocycles. The Bertz CT molecular complexity index is 1070. The third-order valence-electron chi connectivity index (χ3n) is 5.34. The highest BCUT2D eigenvalue weighted by Gasteiger charge is 2.17. The maximum absolute atomic E-state index is 12.5. The molecule has 0 fully saturated rings. The molecule has 0 saturated carbocycles. The second-order valence-corrected chi connectivity index (χ2v) is 9.56. The zero-order valence-corrected chi connectivity index (χ0v) is 18.7. The Morgan fingerprint density at radius 3 is 2.44 bits per heavy atom. The first kappa shape index (κ1) is 23.7. The molecule has 3 rings (SSSR count). The van der Waals surface area contributed by atoms with Gasteiger partial charge in [-0.15, -0.1) is 0 Å². The second-order valence-electron chi connectivity index (χ2n) is 7.80. The zero-order chi connectivity index (χ0) is 23.0. The Morgan fingerprint density at radius 1 is 0.906 bits per heavy atom. The zero-order valence-electron chi connectivity index (χ0n) is 17.9. The molecule has 2 aromatic carbocycles. The molecule has 2 amide bonds. The lowest BCUT2D eigenvalue weighted by Crippen LogP contribution is -2.33. The maximum atomic E-state index is 12.5. The highest BCUT2D eigenvalue weighted by molar-refractivity contribution is 7.89. The smallest absolute Gasteiger partial charge is 0.251 e. The SMILES string of the molecule is O=C(CCNS(=O)(=O)c1ccc2c(c1)CCCC2)NCCCNC(=O)c1cccc(O)c1. The van der Waals surface area contributed by atoms with Crippen molar-refractivity contribution in [1.82, 2.24) is 15.4 Å². The fourth-order valence-electron chi connectivity index (χ4n) is 3.61. The van der Waals surface area contributed by atoms with Gasteiger partial charge in [-0.1, -0.05) is 12.1 Å². The molecule has 1 aliphatic carbocycles. The van der Waals surface area contributed by atoms with Crippen molar-refractivity contribution >= 4 is 21.8 Å². The van der Waals surface area contributed by atoms with E-state index in [1.165, 1.54) is 17.7 Å². The third kappa shape index (κ3) is 6.80. The van der Waals surface area contributed by atoms with Gasteiger partial charge in [-0.25, -0.2) is 13.1 Å². The summed E-state index contributed by atoms with van der Waals surface area (Å²) >= 11 is 0. The van der Waals surface area contributed by atoms with Gasteiger partial charge < -0.3 is 15.7 Å². The highest BCUT2D eigenvalue weighted by atomic mass is 32.2.